The van der Waals surface area contributed by atoms with Crippen molar-refractivity contribution in [2.24, 2.45) is 0 Å². The maximum Gasteiger partial charge on any atom is 0.255 e. The molecule has 0 saturated carbocycles. The molecule has 1 saturated heterocycles. The van der Waals surface area contributed by atoms with Crippen molar-refractivity contribution in [2.45, 2.75) is 19.4 Å². The lowest BCUT2D eigenvalue weighted by Gasteiger charge is -2.15. The number of nitrogens with one attached hydrogen (secondary N) is 1. The summed E-state index contributed by atoms with van der Waals surface area (Å²) in [4.78, 5) is 13.5. The first kappa shape index (κ1) is 10.5. The van der Waals surface area contributed by atoms with Gasteiger partial charge in [0.25, 0.3) is 5.91 Å². The van der Waals surface area contributed by atoms with Gasteiger partial charge in [0.05, 0.1) is 12.3 Å². The van der Waals surface area contributed by atoms with Crippen LogP contribution in [0.15, 0.2) is 18.2 Å². The van der Waals surface area contributed by atoms with Crippen molar-refractivity contribution >= 4 is 28.9 Å². The normalized spacial score (nSPS) is 22.4. The van der Waals surface area contributed by atoms with E-state index in [1.807, 2.05) is 25.1 Å². The molecule has 1 amide bonds. The summed E-state index contributed by atoms with van der Waals surface area (Å²) in [5.41, 5.74) is 1.96. The van der Waals surface area contributed by atoms with Crippen LogP contribution in [0.4, 0.5) is 5.69 Å². The quantitative estimate of drug-likeness (QED) is 0.759. The van der Waals surface area contributed by atoms with E-state index in [2.05, 4.69) is 5.32 Å². The zero-order chi connectivity index (χ0) is 12.0. The maximum absolute atomic E-state index is 12.0. The number of rotatable bonds is 1. The minimum atomic E-state index is -0.244. The summed E-state index contributed by atoms with van der Waals surface area (Å²) in [6, 6.07) is 5.50. The van der Waals surface area contributed by atoms with Crippen molar-refractivity contribution in [2.75, 3.05) is 11.5 Å². The molecule has 1 unspecified atom stereocenters. The molecule has 0 radical (unpaired) electrons. The number of anilines is 1. The van der Waals surface area contributed by atoms with Gasteiger partial charge in [-0.1, -0.05) is 0 Å². The van der Waals surface area contributed by atoms with E-state index >= 15 is 0 Å². The molecule has 1 aromatic rings. The van der Waals surface area contributed by atoms with Gasteiger partial charge in [0.2, 0.25) is 0 Å². The number of hydrogen-bond donors (Lipinski definition) is 1. The largest absolute Gasteiger partial charge is 0.493 e. The number of nitrogens with zero attached hydrogens (tertiary/aromatic N) is 1. The van der Waals surface area contributed by atoms with Crippen LogP contribution in [0.5, 0.6) is 5.75 Å². The van der Waals surface area contributed by atoms with Crippen molar-refractivity contribution in [3.8, 4) is 5.75 Å². The zero-order valence-electron chi connectivity index (χ0n) is 9.40. The highest BCUT2D eigenvalue weighted by molar-refractivity contribution is 7.80. The molecule has 0 aromatic heterocycles. The lowest BCUT2D eigenvalue weighted by atomic mass is 10.1. The Bertz CT molecular complexity index is 515. The predicted octanol–water partition coefficient (Wildman–Crippen LogP) is 1.23. The number of hydrogen-bond acceptors (Lipinski definition) is 3. The molecule has 1 aromatic carbocycles. The number of carbonyl (C=O) groups is 1. The van der Waals surface area contributed by atoms with Crippen molar-refractivity contribution in [3.63, 3.8) is 0 Å². The molecule has 2 heterocycles. The van der Waals surface area contributed by atoms with E-state index in [9.17, 15) is 4.79 Å². The van der Waals surface area contributed by atoms with Crippen LogP contribution in [-0.2, 0) is 11.2 Å². The van der Waals surface area contributed by atoms with Crippen molar-refractivity contribution in [1.82, 2.24) is 5.32 Å². The summed E-state index contributed by atoms with van der Waals surface area (Å²) < 4.78 is 5.44. The first-order chi connectivity index (χ1) is 8.16. The molecular formula is C12H12N2O2S. The molecule has 0 spiro atoms. The van der Waals surface area contributed by atoms with E-state index in [1.165, 1.54) is 0 Å². The van der Waals surface area contributed by atoms with Crippen molar-refractivity contribution < 1.29 is 9.53 Å². The second-order valence-corrected chi connectivity index (χ2v) is 4.62. The first-order valence-corrected chi connectivity index (χ1v) is 5.98. The lowest BCUT2D eigenvalue weighted by molar-refractivity contribution is -0.117. The molecule has 1 atom stereocenters. The zero-order valence-corrected chi connectivity index (χ0v) is 10.2. The summed E-state index contributed by atoms with van der Waals surface area (Å²) in [5, 5.41) is 3.43. The molecule has 5 heteroatoms. The summed E-state index contributed by atoms with van der Waals surface area (Å²) in [7, 11) is 0. The SMILES string of the molecule is CC1NC(=S)N(c2ccc3c(c2)CCO3)C1=O. The van der Waals surface area contributed by atoms with Gasteiger partial charge in [-0.25, -0.2) is 0 Å². The molecule has 0 aliphatic carbocycles. The van der Waals surface area contributed by atoms with Gasteiger partial charge in [-0.2, -0.15) is 0 Å². The summed E-state index contributed by atoms with van der Waals surface area (Å²) >= 11 is 5.17. The van der Waals surface area contributed by atoms with Crippen molar-refractivity contribution in [3.05, 3.63) is 23.8 Å². The van der Waals surface area contributed by atoms with Gasteiger partial charge in [0.15, 0.2) is 5.11 Å². The Kier molecular flexibility index (Phi) is 2.29. The van der Waals surface area contributed by atoms with Gasteiger partial charge in [-0.3, -0.25) is 9.69 Å². The molecular weight excluding hydrogens is 236 g/mol. The topological polar surface area (TPSA) is 41.6 Å². The number of thiocarbonyl (C=S) groups is 1. The Morgan fingerprint density at radius 1 is 1.53 bits per heavy atom. The van der Waals surface area contributed by atoms with Crippen LogP contribution >= 0.6 is 12.2 Å². The van der Waals surface area contributed by atoms with Crippen LogP contribution < -0.4 is 15.0 Å². The third-order valence-corrected chi connectivity index (χ3v) is 3.37. The van der Waals surface area contributed by atoms with Crippen LogP contribution in [0.3, 0.4) is 0 Å². The molecule has 88 valence electrons. The molecule has 4 nitrogen and oxygen atoms in total. The van der Waals surface area contributed by atoms with Crippen LogP contribution in [0.2, 0.25) is 0 Å². The summed E-state index contributed by atoms with van der Waals surface area (Å²) in [5.74, 6) is 0.904. The Labute approximate surface area is 105 Å². The van der Waals surface area contributed by atoms with E-state index in [0.29, 0.717) is 11.7 Å². The highest BCUT2D eigenvalue weighted by atomic mass is 32.1. The molecule has 2 aliphatic heterocycles. The van der Waals surface area contributed by atoms with Crippen LogP contribution in [0.25, 0.3) is 0 Å². The standard InChI is InChI=1S/C12H12N2O2S/c1-7-11(15)14(12(17)13-7)9-2-3-10-8(6-9)4-5-16-10/h2-3,6-7H,4-5H2,1H3,(H,13,17). The van der Waals surface area contributed by atoms with Gasteiger partial charge >= 0.3 is 0 Å². The monoisotopic (exact) mass is 248 g/mol. The van der Waals surface area contributed by atoms with Crippen LogP contribution in [-0.4, -0.2) is 23.7 Å². The Morgan fingerprint density at radius 3 is 3.06 bits per heavy atom. The highest BCUT2D eigenvalue weighted by Crippen LogP contribution is 2.30. The molecule has 1 fully saturated rings. The third kappa shape index (κ3) is 1.58. The summed E-state index contributed by atoms with van der Waals surface area (Å²) in [6.45, 7) is 2.52. The highest BCUT2D eigenvalue weighted by Gasteiger charge is 2.33. The minimum Gasteiger partial charge on any atom is -0.493 e. The second-order valence-electron chi connectivity index (χ2n) is 4.24. The van der Waals surface area contributed by atoms with Crippen LogP contribution in [0.1, 0.15) is 12.5 Å². The van der Waals surface area contributed by atoms with Gasteiger partial charge in [0.1, 0.15) is 11.8 Å². The Morgan fingerprint density at radius 2 is 2.35 bits per heavy atom. The van der Waals surface area contributed by atoms with Crippen molar-refractivity contribution in [1.29, 1.82) is 0 Å². The third-order valence-electron chi connectivity index (χ3n) is 3.07. The average molecular weight is 248 g/mol. The smallest absolute Gasteiger partial charge is 0.255 e. The molecule has 17 heavy (non-hydrogen) atoms. The molecule has 2 aliphatic rings. The molecule has 1 N–H and O–H groups in total. The fourth-order valence-electron chi connectivity index (χ4n) is 2.16. The summed E-state index contributed by atoms with van der Waals surface area (Å²) in [6.07, 6.45) is 0.890. The van der Waals surface area contributed by atoms with Gasteiger partial charge in [-0.05, 0) is 42.9 Å². The van der Waals surface area contributed by atoms with E-state index < -0.39 is 0 Å². The molecule has 0 bridgehead atoms. The number of benzene rings is 1. The first-order valence-electron chi connectivity index (χ1n) is 5.57. The number of fused-ring (bicyclic) bond motifs is 1. The van der Waals surface area contributed by atoms with E-state index in [-0.39, 0.29) is 11.9 Å². The minimum absolute atomic E-state index is 0.00568. The second kappa shape index (κ2) is 3.70. The van der Waals surface area contributed by atoms with E-state index in [4.69, 9.17) is 17.0 Å². The number of ether oxygens (including phenoxy) is 1. The predicted molar refractivity (Wildman–Crippen MR) is 68.3 cm³/mol. The van der Waals surface area contributed by atoms with Gasteiger partial charge in [0, 0.05) is 6.42 Å². The average Bonchev–Trinajstić information content (AvgIpc) is 2.84. The fraction of sp³-hybridized carbons (Fsp3) is 0.333. The fourth-order valence-corrected chi connectivity index (χ4v) is 2.53. The maximum atomic E-state index is 12.0. The lowest BCUT2D eigenvalue weighted by Crippen LogP contribution is -2.30. The van der Waals surface area contributed by atoms with E-state index in [1.54, 1.807) is 4.90 Å². The van der Waals surface area contributed by atoms with Gasteiger partial charge in [-0.15, -0.1) is 0 Å². The van der Waals surface area contributed by atoms with Crippen LogP contribution in [0, 0.1) is 0 Å². The number of carbonyl (C=O) groups excluding carboxylic acids is 1. The Balaban J connectivity index is 1.99. The van der Waals surface area contributed by atoms with Gasteiger partial charge < -0.3 is 10.1 Å². The molecule has 3 rings (SSSR count). The Hall–Kier alpha value is -1.62. The van der Waals surface area contributed by atoms with E-state index in [0.717, 1.165) is 23.4 Å². The number of amides is 1.